The van der Waals surface area contributed by atoms with Gasteiger partial charge in [0.05, 0.1) is 0 Å². The van der Waals surface area contributed by atoms with Crippen LogP contribution in [0.1, 0.15) is 29.5 Å². The van der Waals surface area contributed by atoms with Gasteiger partial charge in [0, 0.05) is 25.1 Å². The van der Waals surface area contributed by atoms with E-state index in [0.717, 1.165) is 13.1 Å². The molecule has 0 heterocycles. The lowest BCUT2D eigenvalue weighted by Crippen LogP contribution is -2.28. The fourth-order valence-electron chi connectivity index (χ4n) is 2.39. The van der Waals surface area contributed by atoms with Gasteiger partial charge in [0.2, 0.25) is 0 Å². The van der Waals surface area contributed by atoms with Gasteiger partial charge in [-0.3, -0.25) is 0 Å². The predicted molar refractivity (Wildman–Crippen MR) is 71.0 cm³/mol. The second-order valence-corrected chi connectivity index (χ2v) is 5.75. The average molecular weight is 233 g/mol. The number of aryl methyl sites for hydroxylation is 2. The smallest absolute Gasteiger partial charge is 0.0499 e. The fourth-order valence-corrected chi connectivity index (χ4v) is 2.39. The summed E-state index contributed by atoms with van der Waals surface area (Å²) in [5.74, 6) is 0. The number of rotatable bonds is 5. The Balaban J connectivity index is 1.93. The van der Waals surface area contributed by atoms with Crippen molar-refractivity contribution in [2.24, 2.45) is 5.41 Å². The molecule has 1 fully saturated rings. The minimum absolute atomic E-state index is 0.217. The van der Waals surface area contributed by atoms with Crippen LogP contribution in [0.25, 0.3) is 0 Å². The van der Waals surface area contributed by atoms with Gasteiger partial charge in [-0.2, -0.15) is 0 Å². The zero-order valence-corrected chi connectivity index (χ0v) is 11.2. The monoisotopic (exact) mass is 233 g/mol. The van der Waals surface area contributed by atoms with E-state index in [0.29, 0.717) is 6.61 Å². The first-order valence-electron chi connectivity index (χ1n) is 6.40. The van der Waals surface area contributed by atoms with Crippen molar-refractivity contribution >= 4 is 0 Å². The fraction of sp³-hybridized carbons (Fsp3) is 0.600. The third kappa shape index (κ3) is 3.08. The van der Waals surface area contributed by atoms with Gasteiger partial charge in [-0.1, -0.05) is 18.2 Å². The molecule has 1 saturated carbocycles. The van der Waals surface area contributed by atoms with Gasteiger partial charge in [0.15, 0.2) is 0 Å². The molecule has 0 aliphatic heterocycles. The lowest BCUT2D eigenvalue weighted by molar-refractivity contribution is 0.161. The lowest BCUT2D eigenvalue weighted by Gasteiger charge is -2.22. The van der Waals surface area contributed by atoms with E-state index in [1.54, 1.807) is 0 Å². The number of hydrogen-bond donors (Lipinski definition) is 1. The normalized spacial score (nSPS) is 17.5. The van der Waals surface area contributed by atoms with Crippen LogP contribution >= 0.6 is 0 Å². The molecule has 0 atom stereocenters. The van der Waals surface area contributed by atoms with Gasteiger partial charge in [0.25, 0.3) is 0 Å². The molecule has 1 aliphatic rings. The van der Waals surface area contributed by atoms with Crippen LogP contribution in [0, 0.1) is 19.3 Å². The molecule has 2 heteroatoms. The Morgan fingerprint density at radius 2 is 1.94 bits per heavy atom. The molecule has 0 amide bonds. The number of aliphatic hydroxyl groups excluding tert-OH is 1. The highest BCUT2D eigenvalue weighted by Gasteiger charge is 2.42. The molecule has 1 aromatic rings. The molecule has 2 nitrogen and oxygen atoms in total. The van der Waals surface area contributed by atoms with E-state index in [1.807, 2.05) is 0 Å². The largest absolute Gasteiger partial charge is 0.396 e. The Kier molecular flexibility index (Phi) is 3.55. The molecule has 1 N–H and O–H groups in total. The Bertz CT molecular complexity index is 396. The summed E-state index contributed by atoms with van der Waals surface area (Å²) in [7, 11) is 2.14. The third-order valence-corrected chi connectivity index (χ3v) is 3.92. The summed E-state index contributed by atoms with van der Waals surface area (Å²) in [6.45, 7) is 6.63. The molecule has 0 saturated heterocycles. The molecule has 1 aromatic carbocycles. The molecule has 17 heavy (non-hydrogen) atoms. The summed E-state index contributed by atoms with van der Waals surface area (Å²) in [5, 5.41) is 9.33. The first-order valence-corrected chi connectivity index (χ1v) is 6.40. The number of benzene rings is 1. The van der Waals surface area contributed by atoms with Crippen molar-refractivity contribution < 1.29 is 5.11 Å². The lowest BCUT2D eigenvalue weighted by atomic mass is 10.0. The van der Waals surface area contributed by atoms with Crippen LogP contribution in [0.4, 0.5) is 0 Å². The van der Waals surface area contributed by atoms with Crippen molar-refractivity contribution in [3.63, 3.8) is 0 Å². The Morgan fingerprint density at radius 1 is 1.24 bits per heavy atom. The van der Waals surface area contributed by atoms with Crippen LogP contribution in [0.3, 0.4) is 0 Å². The molecule has 0 aromatic heterocycles. The van der Waals surface area contributed by atoms with Gasteiger partial charge >= 0.3 is 0 Å². The van der Waals surface area contributed by atoms with Crippen LogP contribution in [-0.4, -0.2) is 30.2 Å². The summed E-state index contributed by atoms with van der Waals surface area (Å²) >= 11 is 0. The van der Waals surface area contributed by atoms with Gasteiger partial charge in [-0.05, 0) is 50.4 Å². The molecule has 94 valence electrons. The van der Waals surface area contributed by atoms with Gasteiger partial charge < -0.3 is 10.0 Å². The molecule has 1 aliphatic carbocycles. The van der Waals surface area contributed by atoms with Crippen LogP contribution < -0.4 is 0 Å². The van der Waals surface area contributed by atoms with E-state index >= 15 is 0 Å². The maximum absolute atomic E-state index is 9.33. The Labute approximate surface area is 104 Å². The van der Waals surface area contributed by atoms with Crippen LogP contribution in [0.15, 0.2) is 18.2 Å². The highest BCUT2D eigenvalue weighted by atomic mass is 16.3. The second-order valence-electron chi connectivity index (χ2n) is 5.75. The van der Waals surface area contributed by atoms with Crippen molar-refractivity contribution in [1.82, 2.24) is 4.90 Å². The Hall–Kier alpha value is -0.860. The minimum atomic E-state index is 0.217. The Morgan fingerprint density at radius 3 is 2.47 bits per heavy atom. The zero-order chi connectivity index (χ0) is 12.5. The van der Waals surface area contributed by atoms with E-state index in [1.165, 1.54) is 29.5 Å². The zero-order valence-electron chi connectivity index (χ0n) is 11.2. The topological polar surface area (TPSA) is 23.5 Å². The number of aliphatic hydroxyl groups is 1. The van der Waals surface area contributed by atoms with Crippen LogP contribution in [0.2, 0.25) is 0 Å². The summed E-state index contributed by atoms with van der Waals surface area (Å²) in [4.78, 5) is 2.33. The first kappa shape index (κ1) is 12.6. The summed E-state index contributed by atoms with van der Waals surface area (Å²) in [6.07, 6.45) is 2.36. The van der Waals surface area contributed by atoms with E-state index in [4.69, 9.17) is 0 Å². The van der Waals surface area contributed by atoms with E-state index < -0.39 is 0 Å². The highest BCUT2D eigenvalue weighted by molar-refractivity contribution is 5.29. The van der Waals surface area contributed by atoms with E-state index in [9.17, 15) is 5.11 Å². The third-order valence-electron chi connectivity index (χ3n) is 3.92. The van der Waals surface area contributed by atoms with Crippen molar-refractivity contribution in [2.75, 3.05) is 20.2 Å². The van der Waals surface area contributed by atoms with Crippen molar-refractivity contribution in [3.8, 4) is 0 Å². The van der Waals surface area contributed by atoms with Crippen molar-refractivity contribution in [1.29, 1.82) is 0 Å². The van der Waals surface area contributed by atoms with Gasteiger partial charge in [0.1, 0.15) is 0 Å². The average Bonchev–Trinajstić information content (AvgIpc) is 3.04. The standard InChI is InChI=1S/C15H23NO/c1-12-4-5-14(8-13(12)2)9-16(3)10-15(11-17)6-7-15/h4-5,8,17H,6-7,9-11H2,1-3H3. The predicted octanol–water partition coefficient (Wildman–Crippen LogP) is 2.51. The summed E-state index contributed by atoms with van der Waals surface area (Å²) in [5.41, 5.74) is 4.29. The van der Waals surface area contributed by atoms with Crippen LogP contribution in [-0.2, 0) is 6.54 Å². The molecule has 2 rings (SSSR count). The SMILES string of the molecule is Cc1ccc(CN(C)CC2(CO)CC2)cc1C. The summed E-state index contributed by atoms with van der Waals surface area (Å²) < 4.78 is 0. The maximum atomic E-state index is 9.33. The van der Waals surface area contributed by atoms with Gasteiger partial charge in [-0.15, -0.1) is 0 Å². The highest BCUT2D eigenvalue weighted by Crippen LogP contribution is 2.45. The molecule has 0 spiro atoms. The van der Waals surface area contributed by atoms with E-state index in [2.05, 4.69) is 44.0 Å². The molecular formula is C15H23NO. The van der Waals surface area contributed by atoms with Gasteiger partial charge in [-0.25, -0.2) is 0 Å². The van der Waals surface area contributed by atoms with Crippen molar-refractivity contribution in [3.05, 3.63) is 34.9 Å². The summed E-state index contributed by atoms with van der Waals surface area (Å²) in [6, 6.07) is 6.67. The molecule has 0 unspecified atom stereocenters. The molecule has 0 bridgehead atoms. The quantitative estimate of drug-likeness (QED) is 0.844. The first-order chi connectivity index (χ1) is 8.04. The molecular weight excluding hydrogens is 210 g/mol. The number of nitrogens with zero attached hydrogens (tertiary/aromatic N) is 1. The molecule has 0 radical (unpaired) electrons. The van der Waals surface area contributed by atoms with Crippen molar-refractivity contribution in [2.45, 2.75) is 33.2 Å². The van der Waals surface area contributed by atoms with E-state index in [-0.39, 0.29) is 5.41 Å². The number of hydrogen-bond acceptors (Lipinski definition) is 2. The second kappa shape index (κ2) is 4.79. The maximum Gasteiger partial charge on any atom is 0.0499 e. The van der Waals surface area contributed by atoms with Crippen LogP contribution in [0.5, 0.6) is 0 Å². The minimum Gasteiger partial charge on any atom is -0.396 e.